The molecule has 1 heterocycles. The molecule has 2 rings (SSSR count). The Balaban J connectivity index is 2.03. The van der Waals surface area contributed by atoms with Gasteiger partial charge in [-0.1, -0.05) is 6.07 Å². The lowest BCUT2D eigenvalue weighted by Crippen LogP contribution is -2.46. The summed E-state index contributed by atoms with van der Waals surface area (Å²) in [6, 6.07) is 4.43. The highest BCUT2D eigenvalue weighted by Gasteiger charge is 2.21. The van der Waals surface area contributed by atoms with E-state index in [1.807, 2.05) is 13.8 Å². The van der Waals surface area contributed by atoms with Crippen molar-refractivity contribution < 1.29 is 14.4 Å². The largest absolute Gasteiger partial charge is 0.352 e. The van der Waals surface area contributed by atoms with Gasteiger partial charge in [0.15, 0.2) is 0 Å². The summed E-state index contributed by atoms with van der Waals surface area (Å²) in [4.78, 5) is 35.2. The van der Waals surface area contributed by atoms with E-state index in [1.165, 1.54) is 0 Å². The third-order valence-electron chi connectivity index (χ3n) is 3.17. The summed E-state index contributed by atoms with van der Waals surface area (Å²) in [6.07, 6.45) is 0.338. The molecule has 0 spiro atoms. The number of hydrogen-bond donors (Lipinski definition) is 3. The predicted octanol–water partition coefficient (Wildman–Crippen LogP) is 0.824. The van der Waals surface area contributed by atoms with Crippen molar-refractivity contribution in [3.8, 4) is 0 Å². The van der Waals surface area contributed by atoms with E-state index in [0.29, 0.717) is 17.7 Å². The molecule has 0 bridgehead atoms. The smallest absolute Gasteiger partial charge is 0.251 e. The average Bonchev–Trinajstić information content (AvgIpc) is 2.76. The number of carbonyl (C=O) groups is 3. The van der Waals surface area contributed by atoms with Crippen LogP contribution in [0.15, 0.2) is 18.2 Å². The highest BCUT2D eigenvalue weighted by Crippen LogP contribution is 2.23. The van der Waals surface area contributed by atoms with Gasteiger partial charge in [0, 0.05) is 17.3 Å². The van der Waals surface area contributed by atoms with Gasteiger partial charge in [0.1, 0.15) is 6.04 Å². The molecule has 0 saturated heterocycles. The lowest BCUT2D eigenvalue weighted by Gasteiger charge is -2.16. The van der Waals surface area contributed by atoms with Crippen LogP contribution in [0.2, 0.25) is 0 Å². The van der Waals surface area contributed by atoms with Crippen LogP contribution < -0.4 is 16.0 Å². The Morgan fingerprint density at radius 3 is 2.57 bits per heavy atom. The summed E-state index contributed by atoms with van der Waals surface area (Å²) in [5.41, 5.74) is 1.95. The summed E-state index contributed by atoms with van der Waals surface area (Å²) in [5.74, 6) is -0.648. The van der Waals surface area contributed by atoms with Crippen molar-refractivity contribution in [3.63, 3.8) is 0 Å². The fourth-order valence-electron chi connectivity index (χ4n) is 2.11. The summed E-state index contributed by atoms with van der Waals surface area (Å²) in [7, 11) is 0. The molecule has 0 radical (unpaired) electrons. The van der Waals surface area contributed by atoms with Gasteiger partial charge in [-0.2, -0.15) is 0 Å². The van der Waals surface area contributed by atoms with Crippen LogP contribution in [0.5, 0.6) is 0 Å². The molecular formula is C15H19N3O3. The summed E-state index contributed by atoms with van der Waals surface area (Å²) in [6.45, 7) is 5.34. The molecule has 112 valence electrons. The van der Waals surface area contributed by atoms with Crippen LogP contribution in [0.1, 0.15) is 36.7 Å². The normalized spacial score (nSPS) is 14.4. The number of amides is 3. The van der Waals surface area contributed by atoms with Crippen LogP contribution in [0, 0.1) is 0 Å². The molecule has 6 nitrogen and oxygen atoms in total. The van der Waals surface area contributed by atoms with Gasteiger partial charge in [-0.25, -0.2) is 0 Å². The molecule has 0 saturated carbocycles. The minimum absolute atomic E-state index is 0.0204. The predicted molar refractivity (Wildman–Crippen MR) is 79.0 cm³/mol. The molecule has 0 aromatic heterocycles. The topological polar surface area (TPSA) is 87.3 Å². The van der Waals surface area contributed by atoms with Crippen LogP contribution in [-0.2, 0) is 16.0 Å². The van der Waals surface area contributed by atoms with Gasteiger partial charge >= 0.3 is 0 Å². The van der Waals surface area contributed by atoms with E-state index in [0.717, 1.165) is 5.56 Å². The van der Waals surface area contributed by atoms with Crippen molar-refractivity contribution in [2.45, 2.75) is 39.3 Å². The lowest BCUT2D eigenvalue weighted by molar-refractivity contribution is -0.123. The van der Waals surface area contributed by atoms with Crippen molar-refractivity contribution in [3.05, 3.63) is 29.3 Å². The van der Waals surface area contributed by atoms with Crippen molar-refractivity contribution in [1.29, 1.82) is 0 Å². The number of nitrogens with one attached hydrogen (secondary N) is 3. The minimum atomic E-state index is -0.622. The Labute approximate surface area is 123 Å². The van der Waals surface area contributed by atoms with Gasteiger partial charge in [-0.15, -0.1) is 0 Å². The fourth-order valence-corrected chi connectivity index (χ4v) is 2.11. The number of carbonyl (C=O) groups excluding carboxylic acids is 3. The molecule has 1 aliphatic heterocycles. The number of benzene rings is 1. The monoisotopic (exact) mass is 289 g/mol. The van der Waals surface area contributed by atoms with Gasteiger partial charge < -0.3 is 16.0 Å². The SMILES string of the molecule is CC(C)NC(=O)C(C)NC(=O)c1ccc2c(c1)NC(=O)C2. The summed E-state index contributed by atoms with van der Waals surface area (Å²) in [5, 5.41) is 8.07. The zero-order valence-electron chi connectivity index (χ0n) is 12.3. The standard InChI is InChI=1S/C15H19N3O3/c1-8(2)16-14(20)9(3)17-15(21)11-5-4-10-7-13(19)18-12(10)6-11/h4-6,8-9H,7H2,1-3H3,(H,16,20)(H,17,21)(H,18,19). The Kier molecular flexibility index (Phi) is 4.26. The van der Waals surface area contributed by atoms with Crippen LogP contribution in [0.3, 0.4) is 0 Å². The second-order valence-corrected chi connectivity index (χ2v) is 5.46. The Morgan fingerprint density at radius 2 is 1.90 bits per heavy atom. The molecule has 1 aromatic rings. The number of anilines is 1. The van der Waals surface area contributed by atoms with Gasteiger partial charge in [-0.05, 0) is 38.5 Å². The number of fused-ring (bicyclic) bond motifs is 1. The Hall–Kier alpha value is -2.37. The highest BCUT2D eigenvalue weighted by atomic mass is 16.2. The Bertz CT molecular complexity index is 596. The highest BCUT2D eigenvalue weighted by molar-refractivity contribution is 6.03. The zero-order valence-corrected chi connectivity index (χ0v) is 12.3. The van der Waals surface area contributed by atoms with Gasteiger partial charge in [-0.3, -0.25) is 14.4 Å². The van der Waals surface area contributed by atoms with Crippen LogP contribution in [0.4, 0.5) is 5.69 Å². The second kappa shape index (κ2) is 5.95. The first kappa shape index (κ1) is 15.0. The number of rotatable bonds is 4. The van der Waals surface area contributed by atoms with E-state index in [-0.39, 0.29) is 23.8 Å². The van der Waals surface area contributed by atoms with Crippen LogP contribution in [-0.4, -0.2) is 29.8 Å². The first-order valence-electron chi connectivity index (χ1n) is 6.91. The molecule has 1 aromatic carbocycles. The molecule has 0 fully saturated rings. The molecule has 6 heteroatoms. The first-order chi connectivity index (χ1) is 9.86. The summed E-state index contributed by atoms with van der Waals surface area (Å²) >= 11 is 0. The van der Waals surface area contributed by atoms with E-state index in [1.54, 1.807) is 25.1 Å². The molecule has 21 heavy (non-hydrogen) atoms. The quantitative estimate of drug-likeness (QED) is 0.767. The van der Waals surface area contributed by atoms with Crippen LogP contribution in [0.25, 0.3) is 0 Å². The maximum absolute atomic E-state index is 12.1. The maximum atomic E-state index is 12.1. The summed E-state index contributed by atoms with van der Waals surface area (Å²) < 4.78 is 0. The number of hydrogen-bond acceptors (Lipinski definition) is 3. The van der Waals surface area contributed by atoms with E-state index < -0.39 is 6.04 Å². The van der Waals surface area contributed by atoms with E-state index in [9.17, 15) is 14.4 Å². The molecule has 0 aliphatic carbocycles. The Morgan fingerprint density at radius 1 is 1.19 bits per heavy atom. The zero-order chi connectivity index (χ0) is 15.6. The third kappa shape index (κ3) is 3.59. The van der Waals surface area contributed by atoms with Crippen LogP contribution >= 0.6 is 0 Å². The van der Waals surface area contributed by atoms with Gasteiger partial charge in [0.25, 0.3) is 5.91 Å². The van der Waals surface area contributed by atoms with Crippen molar-refractivity contribution in [2.75, 3.05) is 5.32 Å². The average molecular weight is 289 g/mol. The van der Waals surface area contributed by atoms with Crippen molar-refractivity contribution in [1.82, 2.24) is 10.6 Å². The molecule has 3 amide bonds. The minimum Gasteiger partial charge on any atom is -0.352 e. The lowest BCUT2D eigenvalue weighted by atomic mass is 10.1. The van der Waals surface area contributed by atoms with Gasteiger partial charge in [0.2, 0.25) is 11.8 Å². The second-order valence-electron chi connectivity index (χ2n) is 5.46. The van der Waals surface area contributed by atoms with E-state index >= 15 is 0 Å². The molecular weight excluding hydrogens is 270 g/mol. The fraction of sp³-hybridized carbons (Fsp3) is 0.400. The van der Waals surface area contributed by atoms with Crippen molar-refractivity contribution in [2.24, 2.45) is 0 Å². The first-order valence-corrected chi connectivity index (χ1v) is 6.91. The van der Waals surface area contributed by atoms with E-state index in [2.05, 4.69) is 16.0 Å². The van der Waals surface area contributed by atoms with E-state index in [4.69, 9.17) is 0 Å². The maximum Gasteiger partial charge on any atom is 0.251 e. The molecule has 3 N–H and O–H groups in total. The third-order valence-corrected chi connectivity index (χ3v) is 3.17. The van der Waals surface area contributed by atoms with Crippen molar-refractivity contribution >= 4 is 23.4 Å². The van der Waals surface area contributed by atoms with Gasteiger partial charge in [0.05, 0.1) is 6.42 Å². The molecule has 1 aliphatic rings. The molecule has 1 atom stereocenters. The molecule has 1 unspecified atom stereocenters.